The van der Waals surface area contributed by atoms with Crippen molar-refractivity contribution in [1.82, 2.24) is 29.8 Å². The second-order valence-electron chi connectivity index (χ2n) is 5.27. The van der Waals surface area contributed by atoms with E-state index >= 15 is 0 Å². The summed E-state index contributed by atoms with van der Waals surface area (Å²) in [7, 11) is 0. The summed E-state index contributed by atoms with van der Waals surface area (Å²) < 4.78 is 1.62. The maximum absolute atomic E-state index is 12.2. The molecule has 0 unspecified atom stereocenters. The smallest absolute Gasteiger partial charge is 0.269 e. The van der Waals surface area contributed by atoms with Crippen molar-refractivity contribution < 1.29 is 0 Å². The highest BCUT2D eigenvalue weighted by molar-refractivity contribution is 5.45. The van der Waals surface area contributed by atoms with Crippen LogP contribution in [0.15, 0.2) is 17.2 Å². The molecule has 120 valence electrons. The van der Waals surface area contributed by atoms with Crippen LogP contribution in [0.2, 0.25) is 0 Å². The zero-order valence-electron chi connectivity index (χ0n) is 13.4. The van der Waals surface area contributed by atoms with Gasteiger partial charge in [-0.2, -0.15) is 19.7 Å². The number of fused-ring (bicyclic) bond motifs is 1. The van der Waals surface area contributed by atoms with E-state index in [-0.39, 0.29) is 5.56 Å². The predicted molar refractivity (Wildman–Crippen MR) is 86.5 cm³/mol. The molecule has 3 heterocycles. The molecule has 3 aromatic rings. The van der Waals surface area contributed by atoms with Crippen LogP contribution >= 0.6 is 0 Å². The third-order valence-electron chi connectivity index (χ3n) is 3.79. The van der Waals surface area contributed by atoms with Crippen LogP contribution in [0.5, 0.6) is 0 Å². The van der Waals surface area contributed by atoms with Gasteiger partial charge in [0.2, 0.25) is 0 Å². The first-order valence-electron chi connectivity index (χ1n) is 7.64. The molecule has 0 atom stereocenters. The summed E-state index contributed by atoms with van der Waals surface area (Å²) in [6.07, 6.45) is 3.01. The van der Waals surface area contributed by atoms with E-state index in [1.807, 2.05) is 26.8 Å². The molecular weight excluding hydrogens is 294 g/mol. The molecule has 0 aliphatic rings. The van der Waals surface area contributed by atoms with Gasteiger partial charge in [-0.05, 0) is 25.3 Å². The number of H-pyrrole nitrogens is 1. The van der Waals surface area contributed by atoms with Gasteiger partial charge in [-0.3, -0.25) is 4.79 Å². The molecule has 0 bridgehead atoms. The Hall–Kier alpha value is -2.77. The van der Waals surface area contributed by atoms with Crippen molar-refractivity contribution in [2.45, 2.75) is 40.2 Å². The molecule has 0 spiro atoms. The maximum Gasteiger partial charge on any atom is 0.269 e. The molecule has 8 heteroatoms. The minimum atomic E-state index is -0.160. The highest BCUT2D eigenvalue weighted by atomic mass is 16.1. The van der Waals surface area contributed by atoms with Crippen molar-refractivity contribution in [3.63, 3.8) is 0 Å². The minimum absolute atomic E-state index is 0.160. The first-order valence-corrected chi connectivity index (χ1v) is 7.64. The minimum Gasteiger partial charge on any atom is -0.366 e. The van der Waals surface area contributed by atoms with Gasteiger partial charge in [0.1, 0.15) is 12.1 Å². The Morgan fingerprint density at radius 1 is 1.26 bits per heavy atom. The number of aromatic amines is 1. The molecule has 0 amide bonds. The average Bonchev–Trinajstić information content (AvgIpc) is 3.01. The zero-order valence-corrected chi connectivity index (χ0v) is 13.4. The van der Waals surface area contributed by atoms with Gasteiger partial charge in [-0.1, -0.05) is 13.8 Å². The number of nitrogens with zero attached hydrogens (tertiary/aromatic N) is 5. The Labute approximate surface area is 133 Å². The molecule has 8 nitrogen and oxygen atoms in total. The van der Waals surface area contributed by atoms with Crippen LogP contribution in [-0.2, 0) is 19.4 Å². The van der Waals surface area contributed by atoms with Crippen LogP contribution in [0.4, 0.5) is 5.82 Å². The van der Waals surface area contributed by atoms with Crippen LogP contribution in [0.1, 0.15) is 36.4 Å². The third-order valence-corrected chi connectivity index (χ3v) is 3.79. The van der Waals surface area contributed by atoms with Crippen LogP contribution in [0.3, 0.4) is 0 Å². The van der Waals surface area contributed by atoms with Crippen molar-refractivity contribution in [2.75, 3.05) is 5.32 Å². The monoisotopic (exact) mass is 313 g/mol. The normalized spacial score (nSPS) is 11.1. The first kappa shape index (κ1) is 15.1. The molecule has 0 aliphatic heterocycles. The summed E-state index contributed by atoms with van der Waals surface area (Å²) >= 11 is 0. The lowest BCUT2D eigenvalue weighted by atomic mass is 10.0. The Kier molecular flexibility index (Phi) is 4.05. The fourth-order valence-corrected chi connectivity index (χ4v) is 2.70. The Morgan fingerprint density at radius 2 is 2.09 bits per heavy atom. The van der Waals surface area contributed by atoms with Gasteiger partial charge in [-0.15, -0.1) is 0 Å². The first-order chi connectivity index (χ1) is 11.1. The molecular formula is C15H19N7O. The molecule has 2 N–H and O–H groups in total. The molecule has 0 aliphatic carbocycles. The predicted octanol–water partition coefficient (Wildman–Crippen LogP) is 1.25. The van der Waals surface area contributed by atoms with Gasteiger partial charge >= 0.3 is 0 Å². The zero-order chi connectivity index (χ0) is 16.4. The molecule has 23 heavy (non-hydrogen) atoms. The van der Waals surface area contributed by atoms with Gasteiger partial charge in [0.15, 0.2) is 0 Å². The van der Waals surface area contributed by atoms with Gasteiger partial charge in [0.25, 0.3) is 11.3 Å². The summed E-state index contributed by atoms with van der Waals surface area (Å²) in [5.74, 6) is 1.28. The largest absolute Gasteiger partial charge is 0.366 e. The summed E-state index contributed by atoms with van der Waals surface area (Å²) in [4.78, 5) is 20.6. The van der Waals surface area contributed by atoms with Crippen LogP contribution < -0.4 is 10.9 Å². The molecule has 0 fully saturated rings. The number of hydrogen-bond donors (Lipinski definition) is 2. The second kappa shape index (κ2) is 6.15. The van der Waals surface area contributed by atoms with E-state index in [9.17, 15) is 4.79 Å². The van der Waals surface area contributed by atoms with Crippen molar-refractivity contribution in [3.8, 4) is 0 Å². The van der Waals surface area contributed by atoms with Gasteiger partial charge in [0, 0.05) is 23.9 Å². The third kappa shape index (κ3) is 2.79. The lowest BCUT2D eigenvalue weighted by Crippen LogP contribution is -2.22. The van der Waals surface area contributed by atoms with Gasteiger partial charge < -0.3 is 5.32 Å². The van der Waals surface area contributed by atoms with E-state index in [0.29, 0.717) is 17.9 Å². The number of hydrogen-bond acceptors (Lipinski definition) is 6. The Balaban J connectivity index is 1.97. The summed E-state index contributed by atoms with van der Waals surface area (Å²) in [6.45, 7) is 6.35. The maximum atomic E-state index is 12.2. The van der Waals surface area contributed by atoms with Crippen molar-refractivity contribution in [3.05, 3.63) is 45.3 Å². The van der Waals surface area contributed by atoms with Crippen molar-refractivity contribution >= 4 is 11.6 Å². The average molecular weight is 313 g/mol. The quantitative estimate of drug-likeness (QED) is 0.735. The molecule has 0 saturated heterocycles. The van der Waals surface area contributed by atoms with E-state index in [1.165, 1.54) is 6.33 Å². The topological polar surface area (TPSA) is 101 Å². The van der Waals surface area contributed by atoms with Gasteiger partial charge in [0.05, 0.1) is 5.69 Å². The van der Waals surface area contributed by atoms with Crippen LogP contribution in [0.25, 0.3) is 5.78 Å². The van der Waals surface area contributed by atoms with Crippen LogP contribution in [-0.4, -0.2) is 29.8 Å². The molecule has 0 radical (unpaired) electrons. The molecule has 0 aromatic carbocycles. The summed E-state index contributed by atoms with van der Waals surface area (Å²) in [5, 5.41) is 14.1. The van der Waals surface area contributed by atoms with E-state index in [0.717, 1.165) is 35.6 Å². The number of aryl methyl sites for hydroxylation is 2. The standard InChI is InChI=1S/C15H19N7O/c1-4-10-11(14(23)21-20-12(10)5-2)7-16-13-6-9(3)19-15-17-8-18-22(13)15/h6,8,16H,4-5,7H2,1-3H3,(H,21,23). The van der Waals surface area contributed by atoms with E-state index in [4.69, 9.17) is 0 Å². The van der Waals surface area contributed by atoms with E-state index in [1.54, 1.807) is 4.52 Å². The molecule has 0 saturated carbocycles. The summed E-state index contributed by atoms with van der Waals surface area (Å²) in [6, 6.07) is 1.88. The van der Waals surface area contributed by atoms with Crippen molar-refractivity contribution in [2.24, 2.45) is 0 Å². The van der Waals surface area contributed by atoms with Crippen molar-refractivity contribution in [1.29, 1.82) is 0 Å². The number of rotatable bonds is 5. The number of aromatic nitrogens is 6. The molecule has 3 aromatic heterocycles. The highest BCUT2D eigenvalue weighted by Crippen LogP contribution is 2.14. The second-order valence-corrected chi connectivity index (χ2v) is 5.27. The van der Waals surface area contributed by atoms with Crippen LogP contribution in [0, 0.1) is 6.92 Å². The highest BCUT2D eigenvalue weighted by Gasteiger charge is 2.13. The fraction of sp³-hybridized carbons (Fsp3) is 0.400. The Morgan fingerprint density at radius 3 is 2.83 bits per heavy atom. The lowest BCUT2D eigenvalue weighted by molar-refractivity contribution is 0.822. The Bertz CT molecular complexity index is 896. The van der Waals surface area contributed by atoms with E-state index < -0.39 is 0 Å². The number of anilines is 1. The number of nitrogens with one attached hydrogen (secondary N) is 2. The van der Waals surface area contributed by atoms with Gasteiger partial charge in [-0.25, -0.2) is 10.1 Å². The fourth-order valence-electron chi connectivity index (χ4n) is 2.70. The lowest BCUT2D eigenvalue weighted by Gasteiger charge is -2.12. The molecule has 3 rings (SSSR count). The SMILES string of the molecule is CCc1n[nH]c(=O)c(CNc2cc(C)nc3ncnn23)c1CC. The van der Waals surface area contributed by atoms with E-state index in [2.05, 4.69) is 30.6 Å². The summed E-state index contributed by atoms with van der Waals surface area (Å²) in [5.41, 5.74) is 3.32.